The molecule has 2 aromatic carbocycles. The van der Waals surface area contributed by atoms with Crippen molar-refractivity contribution in [1.29, 1.82) is 0 Å². The van der Waals surface area contributed by atoms with E-state index >= 15 is 0 Å². The topological polar surface area (TPSA) is 88.0 Å². The van der Waals surface area contributed by atoms with E-state index in [0.29, 0.717) is 17.2 Å². The summed E-state index contributed by atoms with van der Waals surface area (Å²) < 4.78 is 10.4. The van der Waals surface area contributed by atoms with Crippen molar-refractivity contribution in [2.75, 3.05) is 12.1 Å². The molecule has 0 spiro atoms. The smallest absolute Gasteiger partial charge is 0.255 e. The predicted molar refractivity (Wildman–Crippen MR) is 70.3 cm³/mol. The molecule has 3 rings (SSSR count). The fraction of sp³-hybridized carbons (Fsp3) is 0.0714. The molecule has 0 saturated carbocycles. The zero-order chi connectivity index (χ0) is 14.1. The third kappa shape index (κ3) is 2.31. The Kier molecular flexibility index (Phi) is 2.83. The van der Waals surface area contributed by atoms with Crippen LogP contribution in [0.15, 0.2) is 36.4 Å². The number of phenols is 2. The van der Waals surface area contributed by atoms with Crippen molar-refractivity contribution in [3.8, 4) is 23.0 Å². The van der Waals surface area contributed by atoms with Crippen molar-refractivity contribution in [3.05, 3.63) is 42.0 Å². The summed E-state index contributed by atoms with van der Waals surface area (Å²) in [6.07, 6.45) is 0. The third-order valence-electron chi connectivity index (χ3n) is 2.80. The average molecular weight is 273 g/mol. The van der Waals surface area contributed by atoms with E-state index in [1.54, 1.807) is 18.2 Å². The Morgan fingerprint density at radius 2 is 1.70 bits per heavy atom. The van der Waals surface area contributed by atoms with Crippen LogP contribution in [0.25, 0.3) is 0 Å². The molecule has 6 heteroatoms. The first-order valence-corrected chi connectivity index (χ1v) is 5.86. The quantitative estimate of drug-likeness (QED) is 0.779. The van der Waals surface area contributed by atoms with Crippen LogP contribution in [-0.2, 0) is 0 Å². The Morgan fingerprint density at radius 3 is 2.45 bits per heavy atom. The van der Waals surface area contributed by atoms with Crippen LogP contribution < -0.4 is 14.8 Å². The Bertz CT molecular complexity index is 663. The summed E-state index contributed by atoms with van der Waals surface area (Å²) >= 11 is 0. The van der Waals surface area contributed by atoms with Crippen molar-refractivity contribution < 1.29 is 24.5 Å². The van der Waals surface area contributed by atoms with Gasteiger partial charge in [-0.15, -0.1) is 0 Å². The second-order valence-electron chi connectivity index (χ2n) is 4.26. The molecule has 1 aliphatic rings. The first-order chi connectivity index (χ1) is 9.61. The van der Waals surface area contributed by atoms with Gasteiger partial charge in [0.05, 0.1) is 0 Å². The second-order valence-corrected chi connectivity index (χ2v) is 4.26. The van der Waals surface area contributed by atoms with Crippen LogP contribution in [0.2, 0.25) is 0 Å². The zero-order valence-corrected chi connectivity index (χ0v) is 10.3. The molecular formula is C14H11NO5. The van der Waals surface area contributed by atoms with Crippen LogP contribution in [0, 0.1) is 0 Å². The van der Waals surface area contributed by atoms with Crippen LogP contribution in [0.5, 0.6) is 23.0 Å². The van der Waals surface area contributed by atoms with Gasteiger partial charge in [0.15, 0.2) is 11.5 Å². The molecule has 0 aromatic heterocycles. The summed E-state index contributed by atoms with van der Waals surface area (Å²) in [5.74, 6) is 0.372. The van der Waals surface area contributed by atoms with E-state index in [4.69, 9.17) is 9.47 Å². The van der Waals surface area contributed by atoms with Gasteiger partial charge in [0.2, 0.25) is 6.79 Å². The molecule has 0 unspecified atom stereocenters. The van der Waals surface area contributed by atoms with Gasteiger partial charge in [0, 0.05) is 23.4 Å². The van der Waals surface area contributed by atoms with Gasteiger partial charge in [-0.05, 0) is 24.3 Å². The number of benzene rings is 2. The van der Waals surface area contributed by atoms with E-state index in [-0.39, 0.29) is 23.9 Å². The zero-order valence-electron chi connectivity index (χ0n) is 10.3. The summed E-state index contributed by atoms with van der Waals surface area (Å²) in [6, 6.07) is 8.69. The van der Waals surface area contributed by atoms with Gasteiger partial charge in [0.1, 0.15) is 11.5 Å². The number of anilines is 1. The van der Waals surface area contributed by atoms with E-state index in [9.17, 15) is 15.0 Å². The van der Waals surface area contributed by atoms with Crippen molar-refractivity contribution in [3.63, 3.8) is 0 Å². The molecule has 0 aliphatic carbocycles. The fourth-order valence-electron chi connectivity index (χ4n) is 1.90. The van der Waals surface area contributed by atoms with E-state index in [1.807, 2.05) is 0 Å². The van der Waals surface area contributed by atoms with Gasteiger partial charge < -0.3 is 25.0 Å². The van der Waals surface area contributed by atoms with E-state index < -0.39 is 5.91 Å². The molecule has 2 aromatic rings. The van der Waals surface area contributed by atoms with E-state index in [0.717, 1.165) is 6.07 Å². The summed E-state index contributed by atoms with van der Waals surface area (Å²) in [4.78, 5) is 12.0. The number of phenolic OH excluding ortho intramolecular Hbond substituents is 2. The maximum Gasteiger partial charge on any atom is 0.255 e. The number of nitrogens with one attached hydrogen (secondary N) is 1. The van der Waals surface area contributed by atoms with Gasteiger partial charge in [0.25, 0.3) is 5.91 Å². The monoisotopic (exact) mass is 273 g/mol. The normalized spacial score (nSPS) is 12.2. The number of ether oxygens (including phenoxy) is 2. The van der Waals surface area contributed by atoms with Crippen molar-refractivity contribution >= 4 is 11.6 Å². The molecule has 0 atom stereocenters. The Balaban J connectivity index is 1.82. The molecule has 0 saturated heterocycles. The molecule has 0 radical (unpaired) electrons. The third-order valence-corrected chi connectivity index (χ3v) is 2.80. The molecule has 102 valence electrons. The van der Waals surface area contributed by atoms with E-state index in [2.05, 4.69) is 5.32 Å². The van der Waals surface area contributed by atoms with Crippen LogP contribution >= 0.6 is 0 Å². The highest BCUT2D eigenvalue weighted by Gasteiger charge is 2.15. The summed E-state index contributed by atoms with van der Waals surface area (Å²) in [6.45, 7) is 0.160. The number of fused-ring (bicyclic) bond motifs is 1. The van der Waals surface area contributed by atoms with Crippen LogP contribution in [0.3, 0.4) is 0 Å². The summed E-state index contributed by atoms with van der Waals surface area (Å²) in [5, 5.41) is 21.4. The molecular weight excluding hydrogens is 262 g/mol. The second kappa shape index (κ2) is 4.65. The molecule has 1 aliphatic heterocycles. The van der Waals surface area contributed by atoms with Gasteiger partial charge in [-0.1, -0.05) is 0 Å². The molecule has 0 bridgehead atoms. The Labute approximate surface area is 114 Å². The molecule has 0 fully saturated rings. The van der Waals surface area contributed by atoms with Gasteiger partial charge >= 0.3 is 0 Å². The maximum atomic E-state index is 12.0. The highest BCUT2D eigenvalue weighted by Crippen LogP contribution is 2.34. The lowest BCUT2D eigenvalue weighted by molar-refractivity contribution is 0.102. The summed E-state index contributed by atoms with van der Waals surface area (Å²) in [5.41, 5.74) is 0.683. The highest BCUT2D eigenvalue weighted by molar-refractivity contribution is 6.04. The molecule has 1 amide bonds. The number of carbonyl (C=O) groups is 1. The van der Waals surface area contributed by atoms with Gasteiger partial charge in [-0.2, -0.15) is 0 Å². The molecule has 6 nitrogen and oxygen atoms in total. The lowest BCUT2D eigenvalue weighted by Gasteiger charge is -2.07. The van der Waals surface area contributed by atoms with E-state index in [1.165, 1.54) is 12.1 Å². The van der Waals surface area contributed by atoms with Crippen molar-refractivity contribution in [2.45, 2.75) is 0 Å². The number of amides is 1. The first kappa shape index (κ1) is 12.2. The molecule has 20 heavy (non-hydrogen) atoms. The minimum atomic E-state index is -0.449. The minimum Gasteiger partial charge on any atom is -0.508 e. The Hall–Kier alpha value is -2.89. The lowest BCUT2D eigenvalue weighted by atomic mass is 10.2. The number of carbonyl (C=O) groups excluding carboxylic acids is 1. The average Bonchev–Trinajstić information content (AvgIpc) is 2.85. The first-order valence-electron chi connectivity index (χ1n) is 5.86. The van der Waals surface area contributed by atoms with Crippen LogP contribution in [0.4, 0.5) is 5.69 Å². The molecule has 1 heterocycles. The predicted octanol–water partition coefficient (Wildman–Crippen LogP) is 2.08. The fourth-order valence-corrected chi connectivity index (χ4v) is 1.90. The number of aromatic hydroxyl groups is 2. The minimum absolute atomic E-state index is 0.153. The highest BCUT2D eigenvalue weighted by atomic mass is 16.7. The van der Waals surface area contributed by atoms with Gasteiger partial charge in [-0.3, -0.25) is 4.79 Å². The SMILES string of the molecule is O=C(Nc1ccc2c(c1)OCO2)c1cc(O)cc(O)c1. The standard InChI is InChI=1S/C14H11NO5/c16-10-3-8(4-11(17)6-10)14(18)15-9-1-2-12-13(5-9)20-7-19-12/h1-6,16-17H,7H2,(H,15,18). The number of rotatable bonds is 2. The Morgan fingerprint density at radius 1 is 1.00 bits per heavy atom. The van der Waals surface area contributed by atoms with Crippen molar-refractivity contribution in [1.82, 2.24) is 0 Å². The van der Waals surface area contributed by atoms with Crippen LogP contribution in [0.1, 0.15) is 10.4 Å². The number of hydrogen-bond donors (Lipinski definition) is 3. The van der Waals surface area contributed by atoms with Crippen molar-refractivity contribution in [2.24, 2.45) is 0 Å². The maximum absolute atomic E-state index is 12.0. The number of hydrogen-bond acceptors (Lipinski definition) is 5. The van der Waals surface area contributed by atoms with Gasteiger partial charge in [-0.25, -0.2) is 0 Å². The summed E-state index contributed by atoms with van der Waals surface area (Å²) in [7, 11) is 0. The largest absolute Gasteiger partial charge is 0.508 e. The van der Waals surface area contributed by atoms with Crippen LogP contribution in [-0.4, -0.2) is 22.9 Å². The molecule has 3 N–H and O–H groups in total. The lowest BCUT2D eigenvalue weighted by Crippen LogP contribution is -2.11.